The van der Waals surface area contributed by atoms with Crippen LogP contribution in [-0.2, 0) is 9.47 Å². The van der Waals surface area contributed by atoms with Gasteiger partial charge in [-0.15, -0.1) is 0 Å². The molecule has 1 atom stereocenters. The fourth-order valence-electron chi connectivity index (χ4n) is 1.05. The zero-order valence-electron chi connectivity index (χ0n) is 9.67. The molecule has 14 heavy (non-hydrogen) atoms. The van der Waals surface area contributed by atoms with Gasteiger partial charge in [0, 0.05) is 39.3 Å². The lowest BCUT2D eigenvalue weighted by Gasteiger charge is -2.26. The van der Waals surface area contributed by atoms with Crippen molar-refractivity contribution < 1.29 is 14.6 Å². The molecule has 86 valence electrons. The van der Waals surface area contributed by atoms with E-state index in [1.807, 2.05) is 0 Å². The molecule has 0 rings (SSSR count). The van der Waals surface area contributed by atoms with Crippen molar-refractivity contribution in [3.63, 3.8) is 0 Å². The molecule has 0 bridgehead atoms. The Kier molecular flexibility index (Phi) is 7.09. The molecule has 0 aromatic rings. The molecular formula is C10H23NO3. The Balaban J connectivity index is 3.70. The van der Waals surface area contributed by atoms with Crippen LogP contribution in [0.25, 0.3) is 0 Å². The summed E-state index contributed by atoms with van der Waals surface area (Å²) in [5, 5.41) is 12.4. The summed E-state index contributed by atoms with van der Waals surface area (Å²) in [4.78, 5) is 0. The number of aliphatic hydroxyl groups excluding tert-OH is 1. The SMILES string of the molecule is CCC(C)(CO)CNCC(OC)OC. The second-order valence-corrected chi connectivity index (χ2v) is 3.85. The second-order valence-electron chi connectivity index (χ2n) is 3.85. The molecule has 4 nitrogen and oxygen atoms in total. The number of methoxy groups -OCH3 is 2. The highest BCUT2D eigenvalue weighted by Gasteiger charge is 2.20. The molecule has 4 heteroatoms. The lowest BCUT2D eigenvalue weighted by Crippen LogP contribution is -2.39. The maximum atomic E-state index is 9.16. The summed E-state index contributed by atoms with van der Waals surface area (Å²) in [6.07, 6.45) is 0.732. The van der Waals surface area contributed by atoms with Gasteiger partial charge in [-0.2, -0.15) is 0 Å². The van der Waals surface area contributed by atoms with E-state index in [4.69, 9.17) is 14.6 Å². The van der Waals surface area contributed by atoms with Crippen molar-refractivity contribution in [2.24, 2.45) is 5.41 Å². The maximum Gasteiger partial charge on any atom is 0.169 e. The van der Waals surface area contributed by atoms with Gasteiger partial charge in [-0.1, -0.05) is 13.8 Å². The molecule has 1 unspecified atom stereocenters. The zero-order valence-corrected chi connectivity index (χ0v) is 9.67. The first-order valence-electron chi connectivity index (χ1n) is 4.99. The first-order valence-corrected chi connectivity index (χ1v) is 4.99. The largest absolute Gasteiger partial charge is 0.396 e. The summed E-state index contributed by atoms with van der Waals surface area (Å²) in [5.41, 5.74) is -0.0496. The van der Waals surface area contributed by atoms with Crippen LogP contribution in [0.2, 0.25) is 0 Å². The van der Waals surface area contributed by atoms with E-state index in [1.54, 1.807) is 14.2 Å². The molecule has 0 aromatic heterocycles. The van der Waals surface area contributed by atoms with Crippen LogP contribution in [0.4, 0.5) is 0 Å². The average Bonchev–Trinajstić information content (AvgIpc) is 2.24. The molecule has 0 radical (unpaired) electrons. The van der Waals surface area contributed by atoms with E-state index in [-0.39, 0.29) is 18.3 Å². The third kappa shape index (κ3) is 4.91. The summed E-state index contributed by atoms with van der Waals surface area (Å²) in [6.45, 7) is 5.73. The Bertz CT molecular complexity index is 133. The number of hydrogen-bond acceptors (Lipinski definition) is 4. The van der Waals surface area contributed by atoms with Crippen molar-refractivity contribution in [2.75, 3.05) is 33.9 Å². The molecule has 0 saturated heterocycles. The van der Waals surface area contributed by atoms with Crippen LogP contribution < -0.4 is 5.32 Å². The highest BCUT2D eigenvalue weighted by molar-refractivity contribution is 4.74. The summed E-state index contributed by atoms with van der Waals surface area (Å²) in [5.74, 6) is 0. The number of aliphatic hydroxyl groups is 1. The molecule has 0 spiro atoms. The fraction of sp³-hybridized carbons (Fsp3) is 1.00. The van der Waals surface area contributed by atoms with Crippen LogP contribution in [0.3, 0.4) is 0 Å². The van der Waals surface area contributed by atoms with Crippen molar-refractivity contribution in [3.05, 3.63) is 0 Å². The van der Waals surface area contributed by atoms with Gasteiger partial charge in [-0.25, -0.2) is 0 Å². The molecule has 0 aliphatic rings. The van der Waals surface area contributed by atoms with Crippen molar-refractivity contribution in [2.45, 2.75) is 26.6 Å². The van der Waals surface area contributed by atoms with Crippen molar-refractivity contribution in [3.8, 4) is 0 Å². The van der Waals surface area contributed by atoms with Gasteiger partial charge in [0.25, 0.3) is 0 Å². The second kappa shape index (κ2) is 7.17. The molecular weight excluding hydrogens is 182 g/mol. The molecule has 0 aromatic carbocycles. The van der Waals surface area contributed by atoms with Crippen molar-refractivity contribution in [1.29, 1.82) is 0 Å². The van der Waals surface area contributed by atoms with E-state index in [0.717, 1.165) is 13.0 Å². The molecule has 0 aliphatic carbocycles. The lowest BCUT2D eigenvalue weighted by molar-refractivity contribution is -0.0997. The van der Waals surface area contributed by atoms with Gasteiger partial charge in [0.05, 0.1) is 0 Å². The predicted molar refractivity (Wildman–Crippen MR) is 56.2 cm³/mol. The normalized spacial score (nSPS) is 15.9. The Labute approximate surface area is 86.6 Å². The number of ether oxygens (including phenoxy) is 2. The smallest absolute Gasteiger partial charge is 0.169 e. The molecule has 0 saturated carbocycles. The topological polar surface area (TPSA) is 50.7 Å². The quantitative estimate of drug-likeness (QED) is 0.570. The van der Waals surface area contributed by atoms with Gasteiger partial charge in [0.1, 0.15) is 0 Å². The molecule has 0 fully saturated rings. The van der Waals surface area contributed by atoms with Gasteiger partial charge in [-0.3, -0.25) is 0 Å². The Morgan fingerprint density at radius 1 is 1.36 bits per heavy atom. The first-order chi connectivity index (χ1) is 6.61. The Morgan fingerprint density at radius 2 is 1.93 bits per heavy atom. The zero-order chi connectivity index (χ0) is 11.0. The lowest BCUT2D eigenvalue weighted by atomic mass is 9.89. The van der Waals surface area contributed by atoms with E-state index < -0.39 is 0 Å². The van der Waals surface area contributed by atoms with E-state index >= 15 is 0 Å². The number of hydrogen-bond donors (Lipinski definition) is 2. The van der Waals surface area contributed by atoms with E-state index in [0.29, 0.717) is 6.54 Å². The monoisotopic (exact) mass is 205 g/mol. The van der Waals surface area contributed by atoms with Gasteiger partial charge in [-0.05, 0) is 6.42 Å². The molecule has 0 heterocycles. The van der Waals surface area contributed by atoms with E-state index in [1.165, 1.54) is 0 Å². The van der Waals surface area contributed by atoms with Gasteiger partial charge >= 0.3 is 0 Å². The van der Waals surface area contributed by atoms with E-state index in [2.05, 4.69) is 19.2 Å². The average molecular weight is 205 g/mol. The van der Waals surface area contributed by atoms with Crippen LogP contribution in [-0.4, -0.2) is 45.3 Å². The van der Waals surface area contributed by atoms with Gasteiger partial charge < -0.3 is 19.9 Å². The van der Waals surface area contributed by atoms with Crippen LogP contribution >= 0.6 is 0 Å². The molecule has 0 aliphatic heterocycles. The minimum Gasteiger partial charge on any atom is -0.396 e. The fourth-order valence-corrected chi connectivity index (χ4v) is 1.05. The minimum atomic E-state index is -0.213. The standard InChI is InChI=1S/C10H23NO3/c1-5-10(2,8-12)7-11-6-9(13-3)14-4/h9,11-12H,5-8H2,1-4H3. The van der Waals surface area contributed by atoms with Crippen LogP contribution in [0.5, 0.6) is 0 Å². The van der Waals surface area contributed by atoms with Crippen LogP contribution in [0.15, 0.2) is 0 Å². The molecule has 0 amide bonds. The summed E-state index contributed by atoms with van der Waals surface area (Å²) >= 11 is 0. The number of nitrogens with one attached hydrogen (secondary N) is 1. The first kappa shape index (κ1) is 13.8. The minimum absolute atomic E-state index is 0.0496. The summed E-state index contributed by atoms with van der Waals surface area (Å²) in [7, 11) is 3.22. The Morgan fingerprint density at radius 3 is 2.29 bits per heavy atom. The third-order valence-corrected chi connectivity index (χ3v) is 2.62. The van der Waals surface area contributed by atoms with Crippen molar-refractivity contribution in [1.82, 2.24) is 5.32 Å². The molecule has 2 N–H and O–H groups in total. The summed E-state index contributed by atoms with van der Waals surface area (Å²) in [6, 6.07) is 0. The van der Waals surface area contributed by atoms with Crippen LogP contribution in [0, 0.1) is 5.41 Å². The van der Waals surface area contributed by atoms with Crippen LogP contribution in [0.1, 0.15) is 20.3 Å². The van der Waals surface area contributed by atoms with Gasteiger partial charge in [0.15, 0.2) is 6.29 Å². The maximum absolute atomic E-state index is 9.16. The third-order valence-electron chi connectivity index (χ3n) is 2.62. The highest BCUT2D eigenvalue weighted by Crippen LogP contribution is 2.18. The van der Waals surface area contributed by atoms with Gasteiger partial charge in [0.2, 0.25) is 0 Å². The summed E-state index contributed by atoms with van der Waals surface area (Å²) < 4.78 is 10.1. The number of rotatable bonds is 8. The van der Waals surface area contributed by atoms with Crippen molar-refractivity contribution >= 4 is 0 Å². The Hall–Kier alpha value is -0.160. The van der Waals surface area contributed by atoms with E-state index in [9.17, 15) is 0 Å². The predicted octanol–water partition coefficient (Wildman–Crippen LogP) is 0.603. The highest BCUT2D eigenvalue weighted by atomic mass is 16.7.